The third-order valence-electron chi connectivity index (χ3n) is 3.05. The second-order valence-electron chi connectivity index (χ2n) is 4.40. The molecule has 1 aromatic carbocycles. The normalized spacial score (nSPS) is 14.1. The molecule has 1 aliphatic rings. The first-order valence-electron chi connectivity index (χ1n) is 5.97. The Kier molecular flexibility index (Phi) is 3.04. The summed E-state index contributed by atoms with van der Waals surface area (Å²) in [6, 6.07) is 8.03. The minimum absolute atomic E-state index is 0.0438. The summed E-state index contributed by atoms with van der Waals surface area (Å²) in [6.07, 6.45) is 0. The third kappa shape index (κ3) is 2.24. The van der Waals surface area contributed by atoms with Crippen LogP contribution in [0.25, 0.3) is 11.3 Å². The number of carbonyl (C=O) groups excluding carboxylic acids is 1. The molecular formula is C13H14N4OS. The van der Waals surface area contributed by atoms with Crippen LogP contribution in [0, 0.1) is 0 Å². The molecule has 3 N–H and O–H groups in total. The fourth-order valence-corrected chi connectivity index (χ4v) is 2.93. The minimum atomic E-state index is 0.0438. The fraction of sp³-hybridized carbons (Fsp3) is 0.231. The molecule has 0 aliphatic carbocycles. The van der Waals surface area contributed by atoms with Crippen molar-refractivity contribution >= 4 is 23.4 Å². The Hall–Kier alpha value is -1.79. The number of anilines is 1. The van der Waals surface area contributed by atoms with Gasteiger partial charge in [-0.15, -0.1) is 11.8 Å². The second kappa shape index (κ2) is 4.71. The predicted octanol–water partition coefficient (Wildman–Crippen LogP) is 1.59. The smallest absolute Gasteiger partial charge is 0.234 e. The molecule has 2 heterocycles. The van der Waals surface area contributed by atoms with Crippen molar-refractivity contribution in [2.75, 3.05) is 11.1 Å². The molecule has 6 heteroatoms. The van der Waals surface area contributed by atoms with Crippen LogP contribution in [0.3, 0.4) is 0 Å². The van der Waals surface area contributed by atoms with Gasteiger partial charge in [-0.05, 0) is 18.2 Å². The first-order valence-corrected chi connectivity index (χ1v) is 6.96. The van der Waals surface area contributed by atoms with E-state index in [9.17, 15) is 4.79 Å². The molecule has 1 aliphatic heterocycles. The van der Waals surface area contributed by atoms with Crippen LogP contribution in [0.5, 0.6) is 0 Å². The quantitative estimate of drug-likeness (QED) is 0.872. The molecule has 1 amide bonds. The average Bonchev–Trinajstić information content (AvgIpc) is 2.79. The Morgan fingerprint density at radius 1 is 1.47 bits per heavy atom. The van der Waals surface area contributed by atoms with Crippen LogP contribution in [-0.4, -0.2) is 21.4 Å². The van der Waals surface area contributed by atoms with Crippen LogP contribution in [-0.2, 0) is 18.4 Å². The third-order valence-corrected chi connectivity index (χ3v) is 4.12. The summed E-state index contributed by atoms with van der Waals surface area (Å²) in [5.74, 6) is 0.525. The summed E-state index contributed by atoms with van der Waals surface area (Å²) in [4.78, 5) is 12.5. The van der Waals surface area contributed by atoms with Crippen LogP contribution in [0.4, 0.5) is 5.69 Å². The van der Waals surface area contributed by atoms with E-state index in [4.69, 9.17) is 5.73 Å². The molecule has 2 aromatic rings. The van der Waals surface area contributed by atoms with Gasteiger partial charge in [0.05, 0.1) is 22.8 Å². The van der Waals surface area contributed by atoms with E-state index in [1.807, 2.05) is 36.0 Å². The van der Waals surface area contributed by atoms with E-state index < -0.39 is 0 Å². The summed E-state index contributed by atoms with van der Waals surface area (Å²) in [5.41, 5.74) is 9.35. The van der Waals surface area contributed by atoms with Crippen molar-refractivity contribution in [1.29, 1.82) is 0 Å². The molecule has 0 bridgehead atoms. The number of hydrogen-bond acceptors (Lipinski definition) is 4. The highest BCUT2D eigenvalue weighted by molar-refractivity contribution is 8.00. The zero-order valence-electron chi connectivity index (χ0n) is 10.5. The largest absolute Gasteiger partial charge is 0.325 e. The van der Waals surface area contributed by atoms with Gasteiger partial charge in [0.15, 0.2) is 0 Å². The number of fused-ring (bicyclic) bond motifs is 1. The average molecular weight is 274 g/mol. The van der Waals surface area contributed by atoms with E-state index in [0.29, 0.717) is 12.3 Å². The van der Waals surface area contributed by atoms with Gasteiger partial charge in [0, 0.05) is 24.1 Å². The highest BCUT2D eigenvalue weighted by atomic mass is 32.2. The summed E-state index contributed by atoms with van der Waals surface area (Å²) < 4.78 is 1.81. The van der Waals surface area contributed by atoms with Gasteiger partial charge in [-0.2, -0.15) is 5.10 Å². The van der Waals surface area contributed by atoms with Crippen molar-refractivity contribution in [3.05, 3.63) is 30.0 Å². The lowest BCUT2D eigenvalue weighted by molar-refractivity contribution is -0.113. The van der Waals surface area contributed by atoms with E-state index in [2.05, 4.69) is 10.4 Å². The first-order chi connectivity index (χ1) is 9.17. The summed E-state index contributed by atoms with van der Waals surface area (Å²) in [5, 5.41) is 7.23. The molecule has 0 saturated carbocycles. The topological polar surface area (TPSA) is 72.9 Å². The Labute approximate surface area is 115 Å². The second-order valence-corrected chi connectivity index (χ2v) is 5.41. The summed E-state index contributed by atoms with van der Waals surface area (Å²) in [7, 11) is 1.89. The van der Waals surface area contributed by atoms with E-state index in [1.54, 1.807) is 11.8 Å². The number of aromatic nitrogens is 2. The fourth-order valence-electron chi connectivity index (χ4n) is 2.14. The van der Waals surface area contributed by atoms with E-state index in [1.165, 1.54) is 0 Å². The Bertz CT molecular complexity index is 650. The monoisotopic (exact) mass is 274 g/mol. The minimum Gasteiger partial charge on any atom is -0.325 e. The molecule has 98 valence electrons. The Morgan fingerprint density at radius 3 is 3.05 bits per heavy atom. The lowest BCUT2D eigenvalue weighted by atomic mass is 10.1. The molecule has 3 rings (SSSR count). The van der Waals surface area contributed by atoms with Crippen molar-refractivity contribution in [3.8, 4) is 11.3 Å². The van der Waals surface area contributed by atoms with Gasteiger partial charge in [0.25, 0.3) is 0 Å². The standard InChI is InChI=1S/C13H14N4OS/c1-17-11(5-9(6-14)16-17)8-2-3-12-10(4-8)15-13(18)7-19-12/h2-5H,6-7,14H2,1H3,(H,15,18). The van der Waals surface area contributed by atoms with Gasteiger partial charge in [0.1, 0.15) is 0 Å². The van der Waals surface area contributed by atoms with Crippen molar-refractivity contribution in [2.24, 2.45) is 12.8 Å². The van der Waals surface area contributed by atoms with Gasteiger partial charge >= 0.3 is 0 Å². The maximum atomic E-state index is 11.4. The molecule has 0 spiro atoms. The van der Waals surface area contributed by atoms with Gasteiger partial charge in [0.2, 0.25) is 5.91 Å². The van der Waals surface area contributed by atoms with Crippen molar-refractivity contribution in [3.63, 3.8) is 0 Å². The van der Waals surface area contributed by atoms with E-state index in [-0.39, 0.29) is 5.91 Å². The molecule has 0 atom stereocenters. The highest BCUT2D eigenvalue weighted by Crippen LogP contribution is 2.34. The molecular weight excluding hydrogens is 260 g/mol. The number of aryl methyl sites for hydroxylation is 1. The number of thioether (sulfide) groups is 1. The van der Waals surface area contributed by atoms with Crippen LogP contribution in [0.1, 0.15) is 5.69 Å². The van der Waals surface area contributed by atoms with Gasteiger partial charge in [-0.1, -0.05) is 6.07 Å². The van der Waals surface area contributed by atoms with E-state index >= 15 is 0 Å². The molecule has 0 radical (unpaired) electrons. The van der Waals surface area contributed by atoms with Crippen molar-refractivity contribution < 1.29 is 4.79 Å². The number of hydrogen-bond donors (Lipinski definition) is 2. The Balaban J connectivity index is 2.03. The van der Waals surface area contributed by atoms with Crippen LogP contribution in [0.2, 0.25) is 0 Å². The predicted molar refractivity (Wildman–Crippen MR) is 75.9 cm³/mol. The zero-order chi connectivity index (χ0) is 13.4. The highest BCUT2D eigenvalue weighted by Gasteiger charge is 2.16. The summed E-state index contributed by atoms with van der Waals surface area (Å²) >= 11 is 1.56. The maximum absolute atomic E-state index is 11.4. The van der Waals surface area contributed by atoms with Gasteiger partial charge < -0.3 is 11.1 Å². The summed E-state index contributed by atoms with van der Waals surface area (Å²) in [6.45, 7) is 0.422. The number of nitrogens with two attached hydrogens (primary N) is 1. The number of rotatable bonds is 2. The molecule has 19 heavy (non-hydrogen) atoms. The number of amides is 1. The SMILES string of the molecule is Cn1nc(CN)cc1-c1ccc2c(c1)NC(=O)CS2. The lowest BCUT2D eigenvalue weighted by Crippen LogP contribution is -2.18. The number of nitrogens with one attached hydrogen (secondary N) is 1. The van der Waals surface area contributed by atoms with Crippen LogP contribution in [0.15, 0.2) is 29.2 Å². The molecule has 1 aromatic heterocycles. The van der Waals surface area contributed by atoms with E-state index in [0.717, 1.165) is 27.5 Å². The lowest BCUT2D eigenvalue weighted by Gasteiger charge is -2.17. The first kappa shape index (κ1) is 12.3. The van der Waals surface area contributed by atoms with Crippen LogP contribution < -0.4 is 11.1 Å². The van der Waals surface area contributed by atoms with Crippen molar-refractivity contribution in [2.45, 2.75) is 11.4 Å². The maximum Gasteiger partial charge on any atom is 0.234 e. The van der Waals surface area contributed by atoms with Gasteiger partial charge in [-0.25, -0.2) is 0 Å². The number of benzene rings is 1. The molecule has 0 unspecified atom stereocenters. The molecule has 5 nitrogen and oxygen atoms in total. The molecule has 0 fully saturated rings. The van der Waals surface area contributed by atoms with Crippen LogP contribution >= 0.6 is 11.8 Å². The number of carbonyl (C=O) groups is 1. The van der Waals surface area contributed by atoms with Gasteiger partial charge in [-0.3, -0.25) is 9.48 Å². The zero-order valence-corrected chi connectivity index (χ0v) is 11.3. The number of nitrogens with zero attached hydrogens (tertiary/aromatic N) is 2. The molecule has 0 saturated heterocycles. The van der Waals surface area contributed by atoms with Crippen molar-refractivity contribution in [1.82, 2.24) is 9.78 Å². The Morgan fingerprint density at radius 2 is 2.32 bits per heavy atom.